The van der Waals surface area contributed by atoms with Gasteiger partial charge in [-0.25, -0.2) is 0 Å². The quantitative estimate of drug-likeness (QED) is 0.394. The van der Waals surface area contributed by atoms with E-state index in [0.29, 0.717) is 20.7 Å². The second-order valence-corrected chi connectivity index (χ2v) is 7.59. The number of anilines is 1. The van der Waals surface area contributed by atoms with E-state index in [1.807, 2.05) is 6.92 Å². The summed E-state index contributed by atoms with van der Waals surface area (Å²) in [4.78, 5) is 26.6. The van der Waals surface area contributed by atoms with E-state index in [4.69, 9.17) is 28.6 Å². The fraction of sp³-hybridized carbons (Fsp3) is 0.105. The zero-order valence-electron chi connectivity index (χ0n) is 14.7. The number of rotatable bonds is 3. The highest BCUT2D eigenvalue weighted by Crippen LogP contribution is 2.36. The Bertz CT molecular complexity index is 1050. The zero-order valence-corrected chi connectivity index (χ0v) is 17.9. The molecule has 144 valence electrons. The molecule has 2 amide bonds. The lowest BCUT2D eigenvalue weighted by molar-refractivity contribution is -0.122. The molecule has 1 heterocycles. The van der Waals surface area contributed by atoms with Crippen LogP contribution >= 0.6 is 39.7 Å². The Morgan fingerprint density at radius 2 is 2.00 bits per heavy atom. The molecule has 1 aliphatic heterocycles. The Kier molecular flexibility index (Phi) is 5.74. The second kappa shape index (κ2) is 7.90. The van der Waals surface area contributed by atoms with Crippen molar-refractivity contribution < 1.29 is 19.4 Å². The Hall–Kier alpha value is -2.42. The van der Waals surface area contributed by atoms with Crippen molar-refractivity contribution in [3.8, 4) is 11.5 Å². The first-order valence-electron chi connectivity index (χ1n) is 7.97. The minimum Gasteiger partial charge on any atom is -0.503 e. The molecule has 0 aliphatic carbocycles. The van der Waals surface area contributed by atoms with Crippen molar-refractivity contribution in [1.82, 2.24) is 5.32 Å². The molecule has 0 atom stereocenters. The molecule has 28 heavy (non-hydrogen) atoms. The standard InChI is InChI=1S/C19H14BrClN2O4S/c1-9-3-4-11(8-14(9)21)23-18(26)12(17(25)22-19(23)28)5-10-6-13(20)16(24)15(7-10)27-2/h3-8,24H,1-2H3,(H,22,25,28)/b12-5+. The number of aromatic hydroxyl groups is 1. The summed E-state index contributed by atoms with van der Waals surface area (Å²) >= 11 is 14.6. The lowest BCUT2D eigenvalue weighted by Gasteiger charge is -2.29. The van der Waals surface area contributed by atoms with Gasteiger partial charge in [0.25, 0.3) is 11.8 Å². The largest absolute Gasteiger partial charge is 0.503 e. The molecule has 1 saturated heterocycles. The molecule has 0 saturated carbocycles. The SMILES string of the molecule is COc1cc(/C=C2\C(=O)NC(=S)N(c3ccc(C)c(Cl)c3)C2=O)cc(Br)c1O. The van der Waals surface area contributed by atoms with Gasteiger partial charge in [-0.3, -0.25) is 19.8 Å². The molecule has 2 N–H and O–H groups in total. The van der Waals surface area contributed by atoms with Crippen LogP contribution in [0.1, 0.15) is 11.1 Å². The topological polar surface area (TPSA) is 78.9 Å². The van der Waals surface area contributed by atoms with Crippen molar-refractivity contribution in [2.45, 2.75) is 6.92 Å². The first-order valence-corrected chi connectivity index (χ1v) is 9.55. The number of carbonyl (C=O) groups excluding carboxylic acids is 2. The van der Waals surface area contributed by atoms with E-state index in [-0.39, 0.29) is 22.2 Å². The minimum atomic E-state index is -0.618. The van der Waals surface area contributed by atoms with Gasteiger partial charge in [0.15, 0.2) is 16.6 Å². The molecule has 1 aliphatic rings. The smallest absolute Gasteiger partial charge is 0.270 e. The monoisotopic (exact) mass is 480 g/mol. The van der Waals surface area contributed by atoms with Crippen LogP contribution in [0.15, 0.2) is 40.4 Å². The van der Waals surface area contributed by atoms with Gasteiger partial charge >= 0.3 is 0 Å². The van der Waals surface area contributed by atoms with Gasteiger partial charge in [-0.1, -0.05) is 17.7 Å². The lowest BCUT2D eigenvalue weighted by atomic mass is 10.1. The fourth-order valence-corrected chi connectivity index (χ4v) is 3.53. The molecule has 1 fully saturated rings. The van der Waals surface area contributed by atoms with Crippen molar-refractivity contribution in [3.05, 3.63) is 56.5 Å². The predicted molar refractivity (Wildman–Crippen MR) is 115 cm³/mol. The number of amides is 2. The highest BCUT2D eigenvalue weighted by molar-refractivity contribution is 9.10. The normalized spacial score (nSPS) is 15.8. The number of aryl methyl sites for hydroxylation is 1. The molecule has 0 bridgehead atoms. The van der Waals surface area contributed by atoms with E-state index in [1.165, 1.54) is 24.2 Å². The number of thiocarbonyl (C=S) groups is 1. The first-order chi connectivity index (χ1) is 13.2. The first kappa shape index (κ1) is 20.3. The second-order valence-electron chi connectivity index (χ2n) is 5.94. The predicted octanol–water partition coefficient (Wildman–Crippen LogP) is 3.96. The number of ether oxygens (including phenoxy) is 1. The number of nitrogens with zero attached hydrogens (tertiary/aromatic N) is 1. The van der Waals surface area contributed by atoms with Gasteiger partial charge in [-0.15, -0.1) is 0 Å². The highest BCUT2D eigenvalue weighted by Gasteiger charge is 2.34. The van der Waals surface area contributed by atoms with E-state index in [9.17, 15) is 14.7 Å². The Labute approximate surface area is 179 Å². The summed E-state index contributed by atoms with van der Waals surface area (Å²) < 4.78 is 5.46. The third-order valence-electron chi connectivity index (χ3n) is 4.10. The van der Waals surface area contributed by atoms with Crippen LogP contribution in [0.4, 0.5) is 5.69 Å². The van der Waals surface area contributed by atoms with Crippen molar-refractivity contribution in [1.29, 1.82) is 0 Å². The number of phenols is 1. The van der Waals surface area contributed by atoms with E-state index < -0.39 is 11.8 Å². The van der Waals surface area contributed by atoms with Crippen LogP contribution in [0.3, 0.4) is 0 Å². The van der Waals surface area contributed by atoms with Gasteiger partial charge in [-0.05, 0) is 76.5 Å². The van der Waals surface area contributed by atoms with Crippen molar-refractivity contribution in [2.24, 2.45) is 0 Å². The van der Waals surface area contributed by atoms with E-state index >= 15 is 0 Å². The van der Waals surface area contributed by atoms with Crippen LogP contribution in [0.5, 0.6) is 11.5 Å². The maximum absolute atomic E-state index is 13.0. The fourth-order valence-electron chi connectivity index (χ4n) is 2.61. The number of carbonyl (C=O) groups is 2. The maximum atomic E-state index is 13.0. The van der Waals surface area contributed by atoms with Crippen molar-refractivity contribution >= 4 is 68.4 Å². The number of nitrogens with one attached hydrogen (secondary N) is 1. The summed E-state index contributed by atoms with van der Waals surface area (Å²) in [6.45, 7) is 1.84. The lowest BCUT2D eigenvalue weighted by Crippen LogP contribution is -2.54. The molecular formula is C19H14BrClN2O4S. The summed E-state index contributed by atoms with van der Waals surface area (Å²) in [5, 5.41) is 12.9. The molecule has 0 spiro atoms. The van der Waals surface area contributed by atoms with E-state index in [1.54, 1.807) is 24.3 Å². The van der Waals surface area contributed by atoms with E-state index in [0.717, 1.165) is 5.56 Å². The third-order valence-corrected chi connectivity index (χ3v) is 5.39. The van der Waals surface area contributed by atoms with Gasteiger partial charge < -0.3 is 9.84 Å². The number of hydrogen-bond donors (Lipinski definition) is 2. The molecule has 6 nitrogen and oxygen atoms in total. The molecule has 3 rings (SSSR count). The van der Waals surface area contributed by atoms with Crippen LogP contribution in [0.25, 0.3) is 6.08 Å². The highest BCUT2D eigenvalue weighted by atomic mass is 79.9. The Morgan fingerprint density at radius 3 is 2.64 bits per heavy atom. The van der Waals surface area contributed by atoms with Crippen LogP contribution in [0, 0.1) is 6.92 Å². The number of phenolic OH excluding ortho intramolecular Hbond substituents is 1. The summed E-state index contributed by atoms with van der Waals surface area (Å²) in [7, 11) is 1.40. The van der Waals surface area contributed by atoms with Crippen LogP contribution < -0.4 is 15.0 Å². The molecular weight excluding hydrogens is 468 g/mol. The molecule has 0 unspecified atom stereocenters. The summed E-state index contributed by atoms with van der Waals surface area (Å²) in [5.74, 6) is -1.09. The number of methoxy groups -OCH3 is 1. The van der Waals surface area contributed by atoms with Crippen molar-refractivity contribution in [2.75, 3.05) is 12.0 Å². The summed E-state index contributed by atoms with van der Waals surface area (Å²) in [6.07, 6.45) is 1.40. The maximum Gasteiger partial charge on any atom is 0.270 e. The van der Waals surface area contributed by atoms with Gasteiger partial charge in [0.05, 0.1) is 17.3 Å². The zero-order chi connectivity index (χ0) is 20.6. The number of halogens is 2. The Balaban J connectivity index is 2.06. The van der Waals surface area contributed by atoms with Gasteiger partial charge in [0.1, 0.15) is 5.57 Å². The number of hydrogen-bond acceptors (Lipinski definition) is 5. The average molecular weight is 482 g/mol. The molecule has 0 radical (unpaired) electrons. The Morgan fingerprint density at radius 1 is 1.29 bits per heavy atom. The molecule has 0 aromatic heterocycles. The molecule has 2 aromatic rings. The minimum absolute atomic E-state index is 0.0310. The van der Waals surface area contributed by atoms with Gasteiger partial charge in [0.2, 0.25) is 0 Å². The summed E-state index contributed by atoms with van der Waals surface area (Å²) in [5.41, 5.74) is 1.65. The molecule has 9 heteroatoms. The van der Waals surface area contributed by atoms with Crippen LogP contribution in [-0.4, -0.2) is 29.1 Å². The summed E-state index contributed by atoms with van der Waals surface area (Å²) in [6, 6.07) is 8.13. The van der Waals surface area contributed by atoms with E-state index in [2.05, 4.69) is 21.2 Å². The molecule has 2 aromatic carbocycles. The van der Waals surface area contributed by atoms with Gasteiger partial charge in [0, 0.05) is 5.02 Å². The van der Waals surface area contributed by atoms with Crippen LogP contribution in [-0.2, 0) is 9.59 Å². The van der Waals surface area contributed by atoms with Crippen LogP contribution in [0.2, 0.25) is 5.02 Å². The third kappa shape index (κ3) is 3.76. The van der Waals surface area contributed by atoms with Gasteiger partial charge in [-0.2, -0.15) is 0 Å². The average Bonchev–Trinajstić information content (AvgIpc) is 2.64. The number of benzene rings is 2. The van der Waals surface area contributed by atoms with Crippen molar-refractivity contribution in [3.63, 3.8) is 0 Å².